The number of halogens is 1. The van der Waals surface area contributed by atoms with E-state index >= 15 is 0 Å². The molecule has 15 heavy (non-hydrogen) atoms. The molecule has 1 aliphatic heterocycles. The van der Waals surface area contributed by atoms with Gasteiger partial charge < -0.3 is 4.90 Å². The number of hydrogen-bond donors (Lipinski definition) is 0. The van der Waals surface area contributed by atoms with Crippen LogP contribution in [0.3, 0.4) is 0 Å². The Kier molecular flexibility index (Phi) is 2.92. The fourth-order valence-electron chi connectivity index (χ4n) is 2.19. The summed E-state index contributed by atoms with van der Waals surface area (Å²) < 4.78 is 0. The van der Waals surface area contributed by atoms with Crippen LogP contribution in [-0.4, -0.2) is 5.54 Å². The molecule has 1 nitrogen and oxygen atoms in total. The Bertz CT molecular complexity index is 346. The molecule has 1 heterocycles. The van der Waals surface area contributed by atoms with Crippen molar-refractivity contribution in [1.82, 2.24) is 0 Å². The third-order valence-corrected chi connectivity index (χ3v) is 3.39. The lowest BCUT2D eigenvalue weighted by Gasteiger charge is -2.44. The first-order valence-electron chi connectivity index (χ1n) is 5.48. The third-order valence-electron chi connectivity index (χ3n) is 3.07. The van der Waals surface area contributed by atoms with Gasteiger partial charge in [-0.05, 0) is 45.2 Å². The van der Waals surface area contributed by atoms with Crippen LogP contribution in [0, 0.1) is 6.54 Å². The van der Waals surface area contributed by atoms with Crippen LogP contribution in [0.1, 0.15) is 33.1 Å². The van der Waals surface area contributed by atoms with Gasteiger partial charge in [-0.15, -0.1) is 0 Å². The summed E-state index contributed by atoms with van der Waals surface area (Å²) in [6, 6.07) is 8.06. The number of benzene rings is 1. The summed E-state index contributed by atoms with van der Waals surface area (Å²) in [5, 5.41) is 0.837. The standard InChI is InChI=1S/C13H17ClN/c1-13(2)9-5-6-10-15(13)12-8-4-3-7-11(12)14/h3-4,7-8,10H,5-6,9H2,1-2H3. The van der Waals surface area contributed by atoms with Gasteiger partial charge in [-0.3, -0.25) is 0 Å². The Morgan fingerprint density at radius 2 is 2.00 bits per heavy atom. The molecule has 2 heteroatoms. The van der Waals surface area contributed by atoms with Gasteiger partial charge in [-0.2, -0.15) is 0 Å². The van der Waals surface area contributed by atoms with E-state index in [-0.39, 0.29) is 5.54 Å². The van der Waals surface area contributed by atoms with Gasteiger partial charge >= 0.3 is 0 Å². The minimum Gasteiger partial charge on any atom is -0.360 e. The zero-order valence-corrected chi connectivity index (χ0v) is 10.1. The molecule has 0 aliphatic carbocycles. The summed E-state index contributed by atoms with van der Waals surface area (Å²) in [6.45, 7) is 6.81. The second kappa shape index (κ2) is 4.05. The molecule has 0 amide bonds. The van der Waals surface area contributed by atoms with Crippen LogP contribution < -0.4 is 4.90 Å². The Hall–Kier alpha value is -0.690. The first-order chi connectivity index (χ1) is 7.11. The van der Waals surface area contributed by atoms with Crippen LogP contribution in [0.4, 0.5) is 5.69 Å². The average Bonchev–Trinajstić information content (AvgIpc) is 2.19. The average molecular weight is 223 g/mol. The molecule has 1 aromatic carbocycles. The van der Waals surface area contributed by atoms with E-state index in [4.69, 9.17) is 11.6 Å². The summed E-state index contributed by atoms with van der Waals surface area (Å²) in [7, 11) is 0. The predicted octanol–water partition coefficient (Wildman–Crippen LogP) is 4.27. The van der Waals surface area contributed by atoms with Crippen molar-refractivity contribution in [3.05, 3.63) is 35.8 Å². The molecular formula is C13H17ClN. The second-order valence-corrected chi connectivity index (χ2v) is 5.12. The van der Waals surface area contributed by atoms with Gasteiger partial charge in [0.05, 0.1) is 10.7 Å². The highest BCUT2D eigenvalue weighted by Crippen LogP contribution is 2.37. The lowest BCUT2D eigenvalue weighted by atomic mass is 9.90. The zero-order valence-electron chi connectivity index (χ0n) is 9.33. The molecule has 2 rings (SSSR count). The smallest absolute Gasteiger partial charge is 0.0639 e. The summed E-state index contributed by atoms with van der Waals surface area (Å²) >= 11 is 6.22. The Morgan fingerprint density at radius 3 is 2.67 bits per heavy atom. The lowest BCUT2D eigenvalue weighted by molar-refractivity contribution is 0.391. The van der Waals surface area contributed by atoms with E-state index in [1.807, 2.05) is 18.2 Å². The highest BCUT2D eigenvalue weighted by Gasteiger charge is 2.30. The van der Waals surface area contributed by atoms with Gasteiger partial charge in [0, 0.05) is 12.1 Å². The van der Waals surface area contributed by atoms with Crippen molar-refractivity contribution in [2.45, 2.75) is 38.6 Å². The lowest BCUT2D eigenvalue weighted by Crippen LogP contribution is -2.45. The first kappa shape index (κ1) is 10.8. The minimum atomic E-state index is 0.184. The van der Waals surface area contributed by atoms with Gasteiger partial charge in [-0.1, -0.05) is 23.7 Å². The van der Waals surface area contributed by atoms with E-state index in [1.54, 1.807) is 0 Å². The van der Waals surface area contributed by atoms with E-state index in [1.165, 1.54) is 12.8 Å². The van der Waals surface area contributed by atoms with Gasteiger partial charge in [0.1, 0.15) is 0 Å². The summed E-state index contributed by atoms with van der Waals surface area (Å²) in [6.07, 6.45) is 3.64. The Labute approximate surface area is 97.0 Å². The molecule has 0 N–H and O–H groups in total. The van der Waals surface area contributed by atoms with Crippen molar-refractivity contribution < 1.29 is 0 Å². The molecule has 1 saturated heterocycles. The molecule has 0 aromatic heterocycles. The SMILES string of the molecule is CC1(C)CCC[CH]N1c1ccccc1Cl. The molecule has 0 spiro atoms. The van der Waals surface area contributed by atoms with Crippen LogP contribution in [0.15, 0.2) is 24.3 Å². The molecule has 1 fully saturated rings. The topological polar surface area (TPSA) is 3.24 Å². The summed E-state index contributed by atoms with van der Waals surface area (Å²) in [5.74, 6) is 0. The molecule has 1 aromatic rings. The van der Waals surface area contributed by atoms with Crippen molar-refractivity contribution in [3.63, 3.8) is 0 Å². The number of piperidine rings is 1. The van der Waals surface area contributed by atoms with Crippen LogP contribution in [0.5, 0.6) is 0 Å². The molecule has 0 bridgehead atoms. The van der Waals surface area contributed by atoms with Crippen molar-refractivity contribution in [3.8, 4) is 0 Å². The van der Waals surface area contributed by atoms with E-state index in [0.717, 1.165) is 17.1 Å². The number of nitrogens with zero attached hydrogens (tertiary/aromatic N) is 1. The van der Waals surface area contributed by atoms with E-state index in [2.05, 4.69) is 31.4 Å². The van der Waals surface area contributed by atoms with E-state index < -0.39 is 0 Å². The van der Waals surface area contributed by atoms with Crippen molar-refractivity contribution in [2.24, 2.45) is 0 Å². The maximum atomic E-state index is 6.22. The molecule has 81 valence electrons. The quantitative estimate of drug-likeness (QED) is 0.686. The Morgan fingerprint density at radius 1 is 1.27 bits per heavy atom. The predicted molar refractivity (Wildman–Crippen MR) is 66.2 cm³/mol. The summed E-state index contributed by atoms with van der Waals surface area (Å²) in [5.41, 5.74) is 1.31. The number of hydrogen-bond acceptors (Lipinski definition) is 1. The highest BCUT2D eigenvalue weighted by molar-refractivity contribution is 6.33. The van der Waals surface area contributed by atoms with Crippen molar-refractivity contribution in [2.75, 3.05) is 4.90 Å². The molecular weight excluding hydrogens is 206 g/mol. The van der Waals surface area contributed by atoms with E-state index in [9.17, 15) is 0 Å². The molecule has 0 unspecified atom stereocenters. The number of rotatable bonds is 1. The zero-order chi connectivity index (χ0) is 10.9. The second-order valence-electron chi connectivity index (χ2n) is 4.71. The third kappa shape index (κ3) is 2.12. The fraction of sp³-hybridized carbons (Fsp3) is 0.462. The largest absolute Gasteiger partial charge is 0.360 e. The normalized spacial score (nSPS) is 20.3. The van der Waals surface area contributed by atoms with Gasteiger partial charge in [0.25, 0.3) is 0 Å². The molecule has 0 saturated carbocycles. The minimum absolute atomic E-state index is 0.184. The van der Waals surface area contributed by atoms with Crippen LogP contribution in [0.25, 0.3) is 0 Å². The molecule has 0 atom stereocenters. The Balaban J connectivity index is 2.33. The van der Waals surface area contributed by atoms with Crippen LogP contribution >= 0.6 is 11.6 Å². The monoisotopic (exact) mass is 222 g/mol. The van der Waals surface area contributed by atoms with Gasteiger partial charge in [0.2, 0.25) is 0 Å². The van der Waals surface area contributed by atoms with Crippen LogP contribution in [0.2, 0.25) is 5.02 Å². The van der Waals surface area contributed by atoms with Gasteiger partial charge in [-0.25, -0.2) is 0 Å². The van der Waals surface area contributed by atoms with E-state index in [0.29, 0.717) is 0 Å². The summed E-state index contributed by atoms with van der Waals surface area (Å²) in [4.78, 5) is 2.32. The molecule has 1 radical (unpaired) electrons. The van der Waals surface area contributed by atoms with Crippen molar-refractivity contribution in [1.29, 1.82) is 0 Å². The van der Waals surface area contributed by atoms with Gasteiger partial charge in [0.15, 0.2) is 0 Å². The number of para-hydroxylation sites is 1. The maximum absolute atomic E-state index is 6.22. The van der Waals surface area contributed by atoms with Crippen molar-refractivity contribution >= 4 is 17.3 Å². The molecule has 1 aliphatic rings. The highest BCUT2D eigenvalue weighted by atomic mass is 35.5. The van der Waals surface area contributed by atoms with Crippen LogP contribution in [-0.2, 0) is 0 Å². The number of anilines is 1. The maximum Gasteiger partial charge on any atom is 0.0639 e. The fourth-order valence-corrected chi connectivity index (χ4v) is 2.42. The first-order valence-corrected chi connectivity index (χ1v) is 5.86.